The lowest BCUT2D eigenvalue weighted by atomic mass is 9.96. The van der Waals surface area contributed by atoms with Gasteiger partial charge in [0.1, 0.15) is 90.3 Å². The van der Waals surface area contributed by atoms with E-state index in [4.69, 9.17) is 11.5 Å². The van der Waals surface area contributed by atoms with Crippen LogP contribution in [0.1, 0.15) is 106 Å². The number of carbonyl (C=O) groups excluding carboxylic acids is 15. The Bertz CT molecular complexity index is 4850. The molecule has 2 aromatic carbocycles. The normalized spacial score (nSPS) is 16.0. The standard InChI is InChI=1S/C81H110N26O21/c1-6-42(4)66(79(125)100-57(25-49-31-87-39-92-49)72(118)104-63(35-110)77(123)102-60(81(127)128)26-50-32-88-40-93-50)106-74(120)52(19-41(2)3)94-69(115)54(22-46-28-84-36-89-46)97-75(121)61(33-108)105-73(119)58(27-65(83)112)98-76(122)62(34-109)103-71(117)55(23-47-29-85-37-90-47)96-68(114)53(20-44-11-8-7-9-12-44)95-70(116)56(24-48-30-86-38-91-48)99-78(124)64-13-10-18-107(64)80(126)59(101-67(113)43(5)82)21-45-14-16-51(111)17-15-45/h7-9,11-12,14-17,28-32,36-43,52-64,66,108-111H,6,10,13,18-27,33-35,82H2,1-5H3,(H2,83,112)(H,84,89)(H,85,90)(H,86,91)(H,87,92)(H,88,93)(H,94,115)(H,95,116)(H,96,114)(H,97,121)(H,98,122)(H,99,124)(H,100,125)(H,101,113)(H,102,123)(H,103,117)(H,104,118)(H,105,119)(H,106,120)(H,127,128)/t42-,43-,52-,53-,54-,55-,56-,57-,58-,59-,60-,61-,62-,63-,64-,66-/m0/s1. The predicted octanol–water partition coefficient (Wildman–Crippen LogP) is -7.32. The third-order valence-electron chi connectivity index (χ3n) is 20.8. The fourth-order valence-corrected chi connectivity index (χ4v) is 13.7. The van der Waals surface area contributed by atoms with Gasteiger partial charge in [0.15, 0.2) is 0 Å². The largest absolute Gasteiger partial charge is 0.508 e. The number of carboxylic acid groups (broad SMARTS) is 1. The number of aromatic nitrogens is 10. The van der Waals surface area contributed by atoms with Crippen LogP contribution in [0.4, 0.5) is 0 Å². The zero-order valence-corrected chi connectivity index (χ0v) is 70.7. The van der Waals surface area contributed by atoms with E-state index in [9.17, 15) is 102 Å². The van der Waals surface area contributed by atoms with E-state index in [0.29, 0.717) is 34.6 Å². The van der Waals surface area contributed by atoms with Gasteiger partial charge in [-0.25, -0.2) is 29.7 Å². The van der Waals surface area contributed by atoms with E-state index in [2.05, 4.69) is 119 Å². The number of phenols is 1. The van der Waals surface area contributed by atoms with E-state index in [0.717, 1.165) is 0 Å². The van der Waals surface area contributed by atoms with E-state index >= 15 is 0 Å². The molecule has 16 atom stereocenters. The topological polar surface area (TPSA) is 729 Å². The van der Waals surface area contributed by atoms with E-state index in [1.807, 2.05) is 0 Å². The van der Waals surface area contributed by atoms with Gasteiger partial charge in [-0.05, 0) is 61.3 Å². The van der Waals surface area contributed by atoms with Crippen LogP contribution >= 0.6 is 0 Å². The zero-order valence-electron chi connectivity index (χ0n) is 70.7. The summed E-state index contributed by atoms with van der Waals surface area (Å²) in [6.45, 7) is 4.75. The van der Waals surface area contributed by atoms with Gasteiger partial charge in [0.25, 0.3) is 0 Å². The van der Waals surface area contributed by atoms with Crippen molar-refractivity contribution in [3.63, 3.8) is 0 Å². The number of carbonyl (C=O) groups is 16. The first kappa shape index (κ1) is 99.1. The Morgan fingerprint density at radius 2 is 0.750 bits per heavy atom. The number of amides is 15. The summed E-state index contributed by atoms with van der Waals surface area (Å²) in [4.78, 5) is 261. The minimum absolute atomic E-state index is 0.0424. The van der Waals surface area contributed by atoms with Crippen LogP contribution in [-0.4, -0.2) is 292 Å². The Labute approximate surface area is 732 Å². The second kappa shape index (κ2) is 48.8. The van der Waals surface area contributed by atoms with Crippen molar-refractivity contribution >= 4 is 94.6 Å². The maximum Gasteiger partial charge on any atom is 0.326 e. The number of nitrogens with zero attached hydrogens (tertiary/aromatic N) is 6. The average molecular weight is 1780 g/mol. The molecule has 7 aromatic rings. The van der Waals surface area contributed by atoms with Crippen LogP contribution in [0.15, 0.2) is 117 Å². The number of benzene rings is 2. The molecule has 1 saturated heterocycles. The quantitative estimate of drug-likeness (QED) is 0.0168. The second-order valence-corrected chi connectivity index (χ2v) is 31.2. The Kier molecular flexibility index (Phi) is 37.8. The molecule has 1 fully saturated rings. The first-order chi connectivity index (χ1) is 61.1. The van der Waals surface area contributed by atoms with Gasteiger partial charge in [-0.2, -0.15) is 0 Å². The summed E-state index contributed by atoms with van der Waals surface area (Å²) in [7, 11) is 0. The maximum atomic E-state index is 14.9. The Balaban J connectivity index is 0.943. The number of hydrogen-bond donors (Lipinski definition) is 25. The number of aromatic amines is 5. The summed E-state index contributed by atoms with van der Waals surface area (Å²) in [5.41, 5.74) is 13.9. The number of aromatic hydroxyl groups is 1. The average Bonchev–Trinajstić information content (AvgIpc) is 1.75. The highest BCUT2D eigenvalue weighted by Gasteiger charge is 2.43. The van der Waals surface area contributed by atoms with Gasteiger partial charge in [-0.1, -0.05) is 76.6 Å². The van der Waals surface area contributed by atoms with Crippen molar-refractivity contribution < 1.29 is 102 Å². The van der Waals surface area contributed by atoms with E-state index in [1.165, 1.54) is 86.6 Å². The van der Waals surface area contributed by atoms with E-state index in [-0.39, 0.29) is 81.0 Å². The molecule has 47 nitrogen and oxygen atoms in total. The number of phenolic OH excluding ortho intramolecular Hbond substituents is 1. The van der Waals surface area contributed by atoms with Gasteiger partial charge in [0.05, 0.1) is 63.9 Å². The van der Waals surface area contributed by atoms with E-state index < -0.39 is 230 Å². The summed E-state index contributed by atoms with van der Waals surface area (Å²) in [6, 6.07) is -9.57. The summed E-state index contributed by atoms with van der Waals surface area (Å²) >= 11 is 0. The number of primary amides is 1. The molecule has 8 rings (SSSR count). The van der Waals surface area contributed by atoms with Gasteiger partial charge in [0.2, 0.25) is 88.6 Å². The highest BCUT2D eigenvalue weighted by Crippen LogP contribution is 2.23. The summed E-state index contributed by atoms with van der Waals surface area (Å²) < 4.78 is 0. The lowest BCUT2D eigenvalue weighted by molar-refractivity contribution is -0.142. The van der Waals surface area contributed by atoms with Crippen molar-refractivity contribution in [2.75, 3.05) is 26.4 Å². The molecule has 5 aromatic heterocycles. The molecule has 1 aliphatic heterocycles. The number of imidazole rings is 5. The maximum absolute atomic E-state index is 14.9. The van der Waals surface area contributed by atoms with Crippen molar-refractivity contribution in [3.8, 4) is 5.75 Å². The van der Waals surface area contributed by atoms with Crippen molar-refractivity contribution in [1.29, 1.82) is 0 Å². The number of likely N-dealkylation sites (tertiary alicyclic amines) is 1. The minimum Gasteiger partial charge on any atom is -0.508 e. The number of rotatable bonds is 51. The third-order valence-corrected chi connectivity index (χ3v) is 20.8. The SMILES string of the molecule is CC[C@H](C)[C@H](NC(=O)[C@H](CC(C)C)NC(=O)[C@H](Cc1cnc[nH]1)NC(=O)[C@H](CO)NC(=O)[C@H](CC(N)=O)NC(=O)[C@H](CO)NC(=O)[C@H](Cc1cnc[nH]1)NC(=O)[C@H](Cc1ccccc1)NC(=O)[C@H](Cc1cnc[nH]1)NC(=O)[C@@H]1CCCN1C(=O)[C@H](Cc1ccc(O)cc1)NC(=O)[C@H](C)N)C(=O)N[C@@H](Cc1cnc[nH]1)C(=O)N[C@@H](CO)C(=O)N[C@@H](Cc1cnc[nH]1)C(=O)O. The molecule has 15 amide bonds. The molecule has 690 valence electrons. The monoisotopic (exact) mass is 1780 g/mol. The summed E-state index contributed by atoms with van der Waals surface area (Å²) in [6.07, 6.45) is 10.8. The smallest absolute Gasteiger partial charge is 0.326 e. The van der Waals surface area contributed by atoms with Crippen LogP contribution in [0.2, 0.25) is 0 Å². The Morgan fingerprint density at radius 3 is 1.13 bits per heavy atom. The minimum atomic E-state index is -2.05. The second-order valence-electron chi connectivity index (χ2n) is 31.2. The zero-order chi connectivity index (χ0) is 93.3. The van der Waals surface area contributed by atoms with Crippen molar-refractivity contribution in [2.45, 2.75) is 202 Å². The fraction of sp³-hybridized carbons (Fsp3) is 0.469. The van der Waals surface area contributed by atoms with Crippen LogP contribution in [0.5, 0.6) is 5.75 Å². The summed E-state index contributed by atoms with van der Waals surface area (Å²) in [5, 5.41) is 84.0. The molecule has 0 aliphatic carbocycles. The number of H-pyrrole nitrogens is 5. The molecule has 0 saturated carbocycles. The third kappa shape index (κ3) is 30.2. The number of nitrogens with one attached hydrogen (secondary N) is 18. The lowest BCUT2D eigenvalue weighted by Crippen LogP contribution is -2.62. The molecule has 0 radical (unpaired) electrons. The number of aliphatic hydroxyl groups excluding tert-OH is 3. The highest BCUT2D eigenvalue weighted by molar-refractivity contribution is 6.01. The van der Waals surface area contributed by atoms with Crippen molar-refractivity contribution in [2.24, 2.45) is 23.3 Å². The van der Waals surface area contributed by atoms with Crippen LogP contribution in [-0.2, 0) is 122 Å². The molecule has 1 aliphatic rings. The number of carboxylic acids is 1. The molecular formula is C81H110N26O21. The molecule has 6 heterocycles. The number of aliphatic carboxylic acids is 1. The molecule has 47 heteroatoms. The molecule has 27 N–H and O–H groups in total. The Hall–Kier alpha value is -14.3. The number of nitrogens with two attached hydrogens (primary N) is 2. The van der Waals surface area contributed by atoms with Crippen LogP contribution in [0.3, 0.4) is 0 Å². The van der Waals surface area contributed by atoms with Crippen molar-refractivity contribution in [1.82, 2.24) is 124 Å². The lowest BCUT2D eigenvalue weighted by Gasteiger charge is -2.30. The first-order valence-corrected chi connectivity index (χ1v) is 41.2. The summed E-state index contributed by atoms with van der Waals surface area (Å²) in [5.74, 6) is -18.0. The van der Waals surface area contributed by atoms with Gasteiger partial charge in [-0.3, -0.25) is 71.9 Å². The van der Waals surface area contributed by atoms with Gasteiger partial charge >= 0.3 is 5.97 Å². The number of aliphatic hydroxyl groups is 3. The highest BCUT2D eigenvalue weighted by atomic mass is 16.4. The van der Waals surface area contributed by atoms with Crippen molar-refractivity contribution in [3.05, 3.63) is 157 Å². The molecule has 0 unspecified atom stereocenters. The molecular weight excluding hydrogens is 1670 g/mol. The molecule has 0 spiro atoms. The van der Waals surface area contributed by atoms with Crippen LogP contribution < -0.4 is 80.6 Å². The Morgan fingerprint density at radius 1 is 0.414 bits per heavy atom. The van der Waals surface area contributed by atoms with Gasteiger partial charge in [-0.15, -0.1) is 0 Å². The fourth-order valence-electron chi connectivity index (χ4n) is 13.7. The first-order valence-electron chi connectivity index (χ1n) is 41.2. The van der Waals surface area contributed by atoms with Crippen LogP contribution in [0.25, 0.3) is 0 Å². The number of hydrogen-bond acceptors (Lipinski definition) is 26. The molecule has 128 heavy (non-hydrogen) atoms. The van der Waals surface area contributed by atoms with Gasteiger partial charge in [0, 0.05) is 111 Å². The van der Waals surface area contributed by atoms with E-state index in [1.54, 1.807) is 70.2 Å². The predicted molar refractivity (Wildman–Crippen MR) is 449 cm³/mol. The molecule has 0 bridgehead atoms. The van der Waals surface area contributed by atoms with Gasteiger partial charge < -0.3 is 136 Å². The van der Waals surface area contributed by atoms with Crippen LogP contribution in [0, 0.1) is 11.8 Å².